The molecule has 0 radical (unpaired) electrons. The lowest BCUT2D eigenvalue weighted by Gasteiger charge is -2.06. The van der Waals surface area contributed by atoms with Crippen LogP contribution in [-0.2, 0) is 17.4 Å². The van der Waals surface area contributed by atoms with E-state index in [4.69, 9.17) is 4.52 Å². The topological polar surface area (TPSA) is 85.1 Å². The average molecular weight is 403 g/mol. The Labute approximate surface area is 163 Å². The molecule has 0 unspecified atom stereocenters. The molecule has 0 bridgehead atoms. The van der Waals surface area contributed by atoms with E-state index in [0.29, 0.717) is 11.3 Å². The summed E-state index contributed by atoms with van der Waals surface area (Å²) in [7, 11) is 0. The smallest absolute Gasteiger partial charge is 0.339 e. The van der Waals surface area contributed by atoms with Gasteiger partial charge in [0.05, 0.1) is 5.56 Å². The highest BCUT2D eigenvalue weighted by Crippen LogP contribution is 2.31. The number of anilines is 1. The minimum atomic E-state index is -4.47. The van der Waals surface area contributed by atoms with Crippen molar-refractivity contribution in [1.82, 2.24) is 10.1 Å². The van der Waals surface area contributed by atoms with Gasteiger partial charge in [-0.05, 0) is 31.2 Å². The Bertz CT molecular complexity index is 1040. The number of carbonyl (C=O) groups is 2. The van der Waals surface area contributed by atoms with Crippen LogP contribution in [0, 0.1) is 0 Å². The molecule has 9 heteroatoms. The van der Waals surface area contributed by atoms with E-state index in [2.05, 4.69) is 15.5 Å². The third-order valence-electron chi connectivity index (χ3n) is 4.03. The first-order chi connectivity index (χ1) is 13.7. The minimum absolute atomic E-state index is 0.0145. The minimum Gasteiger partial charge on any atom is -0.339 e. The molecule has 3 rings (SSSR count). The molecular weight excluding hydrogens is 387 g/mol. The lowest BCUT2D eigenvalue weighted by Crippen LogP contribution is -2.12. The van der Waals surface area contributed by atoms with Gasteiger partial charge in [0.2, 0.25) is 17.6 Å². The SMILES string of the molecule is CC(=O)c1cccc(NC(=O)CCc2nc(-c3cccc(C(F)(F)F)c3)no2)c1. The second kappa shape index (κ2) is 8.26. The second-order valence-electron chi connectivity index (χ2n) is 6.28. The van der Waals surface area contributed by atoms with E-state index in [1.165, 1.54) is 19.1 Å². The van der Waals surface area contributed by atoms with Crippen molar-refractivity contribution in [2.75, 3.05) is 5.32 Å². The molecule has 150 valence electrons. The summed E-state index contributed by atoms with van der Waals surface area (Å²) >= 11 is 0. The summed E-state index contributed by atoms with van der Waals surface area (Å²) in [6.07, 6.45) is -4.33. The van der Waals surface area contributed by atoms with Crippen molar-refractivity contribution >= 4 is 17.4 Å². The molecule has 6 nitrogen and oxygen atoms in total. The molecule has 0 aliphatic heterocycles. The van der Waals surface area contributed by atoms with Crippen molar-refractivity contribution in [2.45, 2.75) is 25.9 Å². The number of aryl methyl sites for hydroxylation is 1. The van der Waals surface area contributed by atoms with Crippen molar-refractivity contribution in [3.8, 4) is 11.4 Å². The molecule has 1 amide bonds. The van der Waals surface area contributed by atoms with Gasteiger partial charge in [0.15, 0.2) is 5.78 Å². The van der Waals surface area contributed by atoms with E-state index in [9.17, 15) is 22.8 Å². The molecule has 1 aromatic heterocycles. The van der Waals surface area contributed by atoms with Crippen molar-refractivity contribution < 1.29 is 27.3 Å². The van der Waals surface area contributed by atoms with E-state index in [-0.39, 0.29) is 41.8 Å². The highest BCUT2D eigenvalue weighted by atomic mass is 19.4. The van der Waals surface area contributed by atoms with Gasteiger partial charge < -0.3 is 9.84 Å². The summed E-state index contributed by atoms with van der Waals surface area (Å²) in [5.41, 5.74) is 0.317. The van der Waals surface area contributed by atoms with Crippen LogP contribution in [0.5, 0.6) is 0 Å². The Hall–Kier alpha value is -3.49. The number of nitrogens with one attached hydrogen (secondary N) is 1. The molecule has 0 saturated carbocycles. The first-order valence-electron chi connectivity index (χ1n) is 8.63. The number of nitrogens with zero attached hydrogens (tertiary/aromatic N) is 2. The fourth-order valence-electron chi connectivity index (χ4n) is 2.57. The quantitative estimate of drug-likeness (QED) is 0.612. The van der Waals surface area contributed by atoms with Gasteiger partial charge in [-0.15, -0.1) is 0 Å². The summed E-state index contributed by atoms with van der Waals surface area (Å²) in [4.78, 5) is 27.5. The average Bonchev–Trinajstić information content (AvgIpc) is 3.15. The Morgan fingerprint density at radius 1 is 1.10 bits per heavy atom. The third kappa shape index (κ3) is 5.28. The van der Waals surface area contributed by atoms with E-state index in [0.717, 1.165) is 12.1 Å². The van der Waals surface area contributed by atoms with E-state index >= 15 is 0 Å². The fourth-order valence-corrected chi connectivity index (χ4v) is 2.57. The van der Waals surface area contributed by atoms with Crippen LogP contribution < -0.4 is 5.32 Å². The van der Waals surface area contributed by atoms with Crippen LogP contribution in [0.2, 0.25) is 0 Å². The van der Waals surface area contributed by atoms with E-state index in [1.807, 2.05) is 0 Å². The summed E-state index contributed by atoms with van der Waals surface area (Å²) in [5.74, 6) is -0.302. The lowest BCUT2D eigenvalue weighted by molar-refractivity contribution is -0.137. The summed E-state index contributed by atoms with van der Waals surface area (Å²) in [6, 6.07) is 11.1. The van der Waals surface area contributed by atoms with Crippen molar-refractivity contribution in [3.63, 3.8) is 0 Å². The zero-order chi connectivity index (χ0) is 21.0. The highest BCUT2D eigenvalue weighted by Gasteiger charge is 2.30. The first kappa shape index (κ1) is 20.2. The highest BCUT2D eigenvalue weighted by molar-refractivity contribution is 5.97. The van der Waals surface area contributed by atoms with E-state index in [1.54, 1.807) is 24.3 Å². The van der Waals surface area contributed by atoms with Gasteiger partial charge in [-0.2, -0.15) is 18.2 Å². The standard InChI is InChI=1S/C20H16F3N3O3/c1-12(27)13-4-3-7-16(11-13)24-17(28)8-9-18-25-19(26-29-18)14-5-2-6-15(10-14)20(21,22)23/h2-7,10-11H,8-9H2,1H3,(H,24,28). The Morgan fingerprint density at radius 3 is 2.59 bits per heavy atom. The first-order valence-corrected chi connectivity index (χ1v) is 8.63. The van der Waals surface area contributed by atoms with Crippen LogP contribution in [0.4, 0.5) is 18.9 Å². The van der Waals surface area contributed by atoms with Crippen LogP contribution in [0.3, 0.4) is 0 Å². The lowest BCUT2D eigenvalue weighted by atomic mass is 10.1. The molecule has 0 fully saturated rings. The molecule has 0 spiro atoms. The van der Waals surface area contributed by atoms with Crippen LogP contribution >= 0.6 is 0 Å². The number of ketones is 1. The molecule has 2 aromatic carbocycles. The van der Waals surface area contributed by atoms with Crippen molar-refractivity contribution in [2.24, 2.45) is 0 Å². The molecule has 0 saturated heterocycles. The second-order valence-corrected chi connectivity index (χ2v) is 6.28. The molecule has 29 heavy (non-hydrogen) atoms. The van der Waals surface area contributed by atoms with Crippen LogP contribution in [0.1, 0.15) is 35.2 Å². The molecule has 0 aliphatic rings. The number of carbonyl (C=O) groups excluding carboxylic acids is 2. The van der Waals surface area contributed by atoms with Crippen LogP contribution in [-0.4, -0.2) is 21.8 Å². The molecule has 1 N–H and O–H groups in total. The predicted octanol–water partition coefficient (Wildman–Crippen LogP) is 4.53. The largest absolute Gasteiger partial charge is 0.416 e. The predicted molar refractivity (Wildman–Crippen MR) is 98.1 cm³/mol. The summed E-state index contributed by atoms with van der Waals surface area (Å²) < 4.78 is 43.5. The number of halogens is 3. The van der Waals surface area contributed by atoms with Crippen molar-refractivity contribution in [3.05, 3.63) is 65.5 Å². The fraction of sp³-hybridized carbons (Fsp3) is 0.200. The number of benzene rings is 2. The van der Waals surface area contributed by atoms with Crippen LogP contribution in [0.15, 0.2) is 53.1 Å². The molecule has 1 heterocycles. The molecule has 0 atom stereocenters. The monoisotopic (exact) mass is 403 g/mol. The Balaban J connectivity index is 1.61. The number of amides is 1. The number of alkyl halides is 3. The van der Waals surface area contributed by atoms with Gasteiger partial charge in [-0.25, -0.2) is 0 Å². The normalized spacial score (nSPS) is 11.3. The number of Topliss-reactive ketones (excluding diaryl/α,β-unsaturated/α-hetero) is 1. The van der Waals surface area contributed by atoms with Gasteiger partial charge in [0, 0.05) is 29.7 Å². The van der Waals surface area contributed by atoms with Gasteiger partial charge in [0.25, 0.3) is 0 Å². The zero-order valence-electron chi connectivity index (χ0n) is 15.3. The maximum atomic E-state index is 12.8. The summed E-state index contributed by atoms with van der Waals surface area (Å²) in [5, 5.41) is 6.34. The van der Waals surface area contributed by atoms with Gasteiger partial charge >= 0.3 is 6.18 Å². The van der Waals surface area contributed by atoms with Crippen molar-refractivity contribution in [1.29, 1.82) is 0 Å². The maximum Gasteiger partial charge on any atom is 0.416 e. The number of hydrogen-bond donors (Lipinski definition) is 1. The Kier molecular flexibility index (Phi) is 5.76. The summed E-state index contributed by atoms with van der Waals surface area (Å²) in [6.45, 7) is 1.43. The Morgan fingerprint density at radius 2 is 1.86 bits per heavy atom. The number of hydrogen-bond acceptors (Lipinski definition) is 5. The third-order valence-corrected chi connectivity index (χ3v) is 4.03. The van der Waals surface area contributed by atoms with Gasteiger partial charge in [0.1, 0.15) is 0 Å². The molecule has 0 aliphatic carbocycles. The zero-order valence-corrected chi connectivity index (χ0v) is 15.3. The molecule has 3 aromatic rings. The molecular formula is C20H16F3N3O3. The van der Waals surface area contributed by atoms with Crippen LogP contribution in [0.25, 0.3) is 11.4 Å². The van der Waals surface area contributed by atoms with Gasteiger partial charge in [-0.1, -0.05) is 29.4 Å². The van der Waals surface area contributed by atoms with E-state index < -0.39 is 11.7 Å². The number of aromatic nitrogens is 2. The van der Waals surface area contributed by atoms with Gasteiger partial charge in [-0.3, -0.25) is 9.59 Å². The number of rotatable bonds is 6. The maximum absolute atomic E-state index is 12.8.